The Bertz CT molecular complexity index is 548. The smallest absolute Gasteiger partial charge is 0.183 e. The number of nitrogens with one attached hydrogen (secondary N) is 2. The molecule has 18 heavy (non-hydrogen) atoms. The van der Waals surface area contributed by atoms with Gasteiger partial charge in [0.1, 0.15) is 0 Å². The van der Waals surface area contributed by atoms with Crippen LogP contribution in [0.4, 0.5) is 11.6 Å². The van der Waals surface area contributed by atoms with Gasteiger partial charge in [0.2, 0.25) is 0 Å². The van der Waals surface area contributed by atoms with Crippen molar-refractivity contribution in [1.29, 1.82) is 0 Å². The van der Waals surface area contributed by atoms with Crippen LogP contribution in [0.3, 0.4) is 0 Å². The second-order valence-electron chi connectivity index (χ2n) is 4.68. The third-order valence-corrected chi connectivity index (χ3v) is 3.40. The van der Waals surface area contributed by atoms with Gasteiger partial charge in [-0.25, -0.2) is 15.8 Å². The van der Waals surface area contributed by atoms with Crippen LogP contribution in [-0.4, -0.2) is 16.0 Å². The molecule has 0 aliphatic heterocycles. The fourth-order valence-electron chi connectivity index (χ4n) is 2.46. The molecule has 2 aromatic rings. The summed E-state index contributed by atoms with van der Waals surface area (Å²) in [7, 11) is 0. The Hall–Kier alpha value is -1.88. The first-order valence-electron chi connectivity index (χ1n) is 6.37. The van der Waals surface area contributed by atoms with Gasteiger partial charge in [-0.2, -0.15) is 0 Å². The Morgan fingerprint density at radius 3 is 2.22 bits per heavy atom. The second kappa shape index (κ2) is 4.78. The highest BCUT2D eigenvalue weighted by atomic mass is 15.3. The molecule has 1 aliphatic rings. The third-order valence-electron chi connectivity index (χ3n) is 3.40. The number of para-hydroxylation sites is 2. The third kappa shape index (κ3) is 2.09. The van der Waals surface area contributed by atoms with Crippen molar-refractivity contribution in [3.63, 3.8) is 0 Å². The highest BCUT2D eigenvalue weighted by Gasteiger charge is 2.17. The van der Waals surface area contributed by atoms with Crippen molar-refractivity contribution in [2.24, 2.45) is 5.84 Å². The Labute approximate surface area is 106 Å². The van der Waals surface area contributed by atoms with Crippen LogP contribution in [0, 0.1) is 0 Å². The van der Waals surface area contributed by atoms with E-state index in [1.807, 2.05) is 24.3 Å². The minimum Gasteiger partial charge on any atom is -0.364 e. The molecule has 0 saturated heterocycles. The Balaban J connectivity index is 1.97. The van der Waals surface area contributed by atoms with Gasteiger partial charge in [0.25, 0.3) is 0 Å². The van der Waals surface area contributed by atoms with E-state index in [4.69, 9.17) is 5.84 Å². The fraction of sp³-hybridized carbons (Fsp3) is 0.385. The molecule has 1 heterocycles. The molecule has 1 aromatic carbocycles. The van der Waals surface area contributed by atoms with Gasteiger partial charge in [-0.05, 0) is 25.0 Å². The van der Waals surface area contributed by atoms with Crippen LogP contribution < -0.4 is 16.6 Å². The normalized spacial score (nSPS) is 16.1. The van der Waals surface area contributed by atoms with E-state index >= 15 is 0 Å². The number of fused-ring (bicyclic) bond motifs is 1. The minimum atomic E-state index is 0.493. The number of benzene rings is 1. The lowest BCUT2D eigenvalue weighted by Crippen LogP contribution is -2.19. The fourth-order valence-corrected chi connectivity index (χ4v) is 2.46. The van der Waals surface area contributed by atoms with Gasteiger partial charge in [-0.1, -0.05) is 25.0 Å². The number of anilines is 2. The number of hydrogen-bond donors (Lipinski definition) is 3. The van der Waals surface area contributed by atoms with Gasteiger partial charge in [0.05, 0.1) is 11.0 Å². The van der Waals surface area contributed by atoms with Crippen LogP contribution >= 0.6 is 0 Å². The molecule has 0 spiro atoms. The number of aromatic nitrogens is 2. The quantitative estimate of drug-likeness (QED) is 0.569. The van der Waals surface area contributed by atoms with Gasteiger partial charge < -0.3 is 10.7 Å². The van der Waals surface area contributed by atoms with E-state index in [-0.39, 0.29) is 0 Å². The van der Waals surface area contributed by atoms with E-state index in [0.29, 0.717) is 11.9 Å². The zero-order valence-corrected chi connectivity index (χ0v) is 10.2. The standard InChI is InChI=1S/C13H17N5/c14-18-13-12(15-9-5-1-2-6-9)16-10-7-3-4-8-11(10)17-13/h3-4,7-9H,1-2,5-6,14H2,(H,15,16)(H,17,18). The summed E-state index contributed by atoms with van der Waals surface area (Å²) in [5.41, 5.74) is 4.36. The summed E-state index contributed by atoms with van der Waals surface area (Å²) >= 11 is 0. The summed E-state index contributed by atoms with van der Waals surface area (Å²) < 4.78 is 0. The summed E-state index contributed by atoms with van der Waals surface area (Å²) in [5, 5.41) is 3.44. The SMILES string of the molecule is NNc1nc2ccccc2nc1NC1CCCC1. The maximum absolute atomic E-state index is 5.52. The van der Waals surface area contributed by atoms with Crippen molar-refractivity contribution in [2.75, 3.05) is 10.7 Å². The zero-order valence-electron chi connectivity index (χ0n) is 10.2. The molecule has 94 valence electrons. The predicted octanol–water partition coefficient (Wildman–Crippen LogP) is 2.27. The molecule has 3 rings (SSSR count). The molecule has 1 aromatic heterocycles. The highest BCUT2D eigenvalue weighted by Crippen LogP contribution is 2.26. The minimum absolute atomic E-state index is 0.493. The van der Waals surface area contributed by atoms with E-state index in [0.717, 1.165) is 16.9 Å². The summed E-state index contributed by atoms with van der Waals surface area (Å²) in [6.07, 6.45) is 4.95. The molecule has 0 amide bonds. The van der Waals surface area contributed by atoms with Gasteiger partial charge in [-0.3, -0.25) is 0 Å². The lowest BCUT2D eigenvalue weighted by Gasteiger charge is -2.15. The molecule has 1 saturated carbocycles. The predicted molar refractivity (Wildman–Crippen MR) is 73.2 cm³/mol. The Morgan fingerprint density at radius 2 is 1.61 bits per heavy atom. The Morgan fingerprint density at radius 1 is 1.00 bits per heavy atom. The van der Waals surface area contributed by atoms with Crippen LogP contribution in [0.1, 0.15) is 25.7 Å². The van der Waals surface area contributed by atoms with E-state index in [9.17, 15) is 0 Å². The average Bonchev–Trinajstić information content (AvgIpc) is 2.91. The van der Waals surface area contributed by atoms with Crippen LogP contribution in [0.25, 0.3) is 11.0 Å². The molecule has 1 aliphatic carbocycles. The molecule has 1 fully saturated rings. The lowest BCUT2D eigenvalue weighted by atomic mass is 10.2. The molecule has 0 unspecified atom stereocenters. The Kier molecular flexibility index (Phi) is 2.98. The van der Waals surface area contributed by atoms with Crippen LogP contribution in [0.2, 0.25) is 0 Å². The molecule has 0 atom stereocenters. The number of rotatable bonds is 3. The number of nitrogens with zero attached hydrogens (tertiary/aromatic N) is 2. The maximum Gasteiger partial charge on any atom is 0.183 e. The molecule has 0 bridgehead atoms. The number of nitrogens with two attached hydrogens (primary N) is 1. The van der Waals surface area contributed by atoms with Crippen molar-refractivity contribution in [1.82, 2.24) is 9.97 Å². The first kappa shape index (κ1) is 11.2. The summed E-state index contributed by atoms with van der Waals surface area (Å²) in [6, 6.07) is 8.30. The maximum atomic E-state index is 5.52. The number of nitrogen functional groups attached to an aromatic ring is 1. The topological polar surface area (TPSA) is 75.9 Å². The van der Waals surface area contributed by atoms with E-state index in [1.54, 1.807) is 0 Å². The largest absolute Gasteiger partial charge is 0.364 e. The summed E-state index contributed by atoms with van der Waals surface area (Å²) in [4.78, 5) is 9.07. The molecule has 4 N–H and O–H groups in total. The van der Waals surface area contributed by atoms with E-state index < -0.39 is 0 Å². The molecule has 0 radical (unpaired) electrons. The van der Waals surface area contributed by atoms with Crippen molar-refractivity contribution < 1.29 is 0 Å². The van der Waals surface area contributed by atoms with Crippen molar-refractivity contribution >= 4 is 22.7 Å². The van der Waals surface area contributed by atoms with Crippen molar-refractivity contribution in [2.45, 2.75) is 31.7 Å². The van der Waals surface area contributed by atoms with E-state index in [2.05, 4.69) is 20.7 Å². The van der Waals surface area contributed by atoms with Crippen molar-refractivity contribution in [3.05, 3.63) is 24.3 Å². The first-order valence-corrected chi connectivity index (χ1v) is 6.37. The van der Waals surface area contributed by atoms with Crippen LogP contribution in [0.5, 0.6) is 0 Å². The lowest BCUT2D eigenvalue weighted by molar-refractivity contribution is 0.751. The molecule has 5 heteroatoms. The van der Waals surface area contributed by atoms with Crippen LogP contribution in [0.15, 0.2) is 24.3 Å². The highest BCUT2D eigenvalue weighted by molar-refractivity contribution is 5.80. The van der Waals surface area contributed by atoms with Gasteiger partial charge >= 0.3 is 0 Å². The first-order chi connectivity index (χ1) is 8.86. The molecular weight excluding hydrogens is 226 g/mol. The van der Waals surface area contributed by atoms with Gasteiger partial charge in [0.15, 0.2) is 11.6 Å². The van der Waals surface area contributed by atoms with Gasteiger partial charge in [0, 0.05) is 6.04 Å². The van der Waals surface area contributed by atoms with Crippen molar-refractivity contribution in [3.8, 4) is 0 Å². The van der Waals surface area contributed by atoms with Crippen LogP contribution in [-0.2, 0) is 0 Å². The van der Waals surface area contributed by atoms with E-state index in [1.165, 1.54) is 25.7 Å². The summed E-state index contributed by atoms with van der Waals surface area (Å²) in [6.45, 7) is 0. The number of hydrogen-bond acceptors (Lipinski definition) is 5. The summed E-state index contributed by atoms with van der Waals surface area (Å²) in [5.74, 6) is 6.89. The number of hydrazine groups is 1. The molecule has 5 nitrogen and oxygen atoms in total. The zero-order chi connectivity index (χ0) is 12.4. The monoisotopic (exact) mass is 243 g/mol. The van der Waals surface area contributed by atoms with Gasteiger partial charge in [-0.15, -0.1) is 0 Å². The average molecular weight is 243 g/mol. The molecular formula is C13H17N5. The second-order valence-corrected chi connectivity index (χ2v) is 4.68.